The molecule has 0 spiro atoms. The first kappa shape index (κ1) is 18.4. The largest absolute Gasteiger partial charge is 0.495 e. The number of nitrogens with zero attached hydrogens (tertiary/aromatic N) is 1. The van der Waals surface area contributed by atoms with E-state index >= 15 is 0 Å². The van der Waals surface area contributed by atoms with Crippen LogP contribution in [0.5, 0.6) is 11.5 Å². The van der Waals surface area contributed by atoms with Gasteiger partial charge in [-0.3, -0.25) is 9.59 Å². The fraction of sp³-hybridized carbons (Fsp3) is 0.238. The molecule has 2 heterocycles. The van der Waals surface area contributed by atoms with Crippen molar-refractivity contribution in [2.75, 3.05) is 12.4 Å². The number of methoxy groups -OCH3 is 1. The number of ether oxygens (including phenoxy) is 2. The molecule has 1 atom stereocenters. The molecule has 6 nitrogen and oxygen atoms in total. The zero-order valence-electron chi connectivity index (χ0n) is 15.7. The minimum Gasteiger partial charge on any atom is -0.495 e. The Morgan fingerprint density at radius 3 is 2.86 bits per heavy atom. The summed E-state index contributed by atoms with van der Waals surface area (Å²) in [6, 6.07) is 8.80. The first-order valence-corrected chi connectivity index (χ1v) is 9.25. The maximum Gasteiger partial charge on any atom is 0.261 e. The van der Waals surface area contributed by atoms with Crippen molar-refractivity contribution in [2.45, 2.75) is 26.5 Å². The third-order valence-corrected chi connectivity index (χ3v) is 5.08. The molecular formula is C21H19ClN2O4. The number of anilines is 1. The number of hydrogen-bond donors (Lipinski definition) is 1. The van der Waals surface area contributed by atoms with Crippen molar-refractivity contribution in [2.24, 2.45) is 0 Å². The van der Waals surface area contributed by atoms with Crippen molar-refractivity contribution in [3.05, 3.63) is 62.9 Å². The van der Waals surface area contributed by atoms with Gasteiger partial charge in [-0.2, -0.15) is 0 Å². The van der Waals surface area contributed by atoms with Gasteiger partial charge >= 0.3 is 0 Å². The first-order valence-electron chi connectivity index (χ1n) is 8.87. The van der Waals surface area contributed by atoms with Crippen molar-refractivity contribution in [1.29, 1.82) is 0 Å². The number of pyridine rings is 1. The van der Waals surface area contributed by atoms with Crippen LogP contribution in [0.15, 0.2) is 41.3 Å². The first-order chi connectivity index (χ1) is 13.4. The van der Waals surface area contributed by atoms with Crippen LogP contribution in [0.2, 0.25) is 5.02 Å². The van der Waals surface area contributed by atoms with E-state index in [1.165, 1.54) is 7.11 Å². The van der Waals surface area contributed by atoms with Gasteiger partial charge in [-0.05, 0) is 43.7 Å². The van der Waals surface area contributed by atoms with Crippen LogP contribution in [0, 0.1) is 6.92 Å². The summed E-state index contributed by atoms with van der Waals surface area (Å²) < 4.78 is 13.0. The molecule has 0 radical (unpaired) electrons. The SMILES string of the molecule is COc1ccc(C)cc1NC(=O)c1cn2c3c(ccc(Cl)c3c1=O)O[C@@H](C)C2. The molecule has 1 N–H and O–H groups in total. The number of rotatable bonds is 3. The lowest BCUT2D eigenvalue weighted by atomic mass is 10.1. The van der Waals surface area contributed by atoms with E-state index in [-0.39, 0.29) is 17.1 Å². The molecule has 0 unspecified atom stereocenters. The molecule has 0 fully saturated rings. The maximum atomic E-state index is 13.1. The fourth-order valence-corrected chi connectivity index (χ4v) is 3.74. The van der Waals surface area contributed by atoms with Gasteiger partial charge in [0.25, 0.3) is 5.91 Å². The molecule has 144 valence electrons. The van der Waals surface area contributed by atoms with Crippen LogP contribution in [0.25, 0.3) is 10.9 Å². The number of halogens is 1. The summed E-state index contributed by atoms with van der Waals surface area (Å²) in [7, 11) is 1.53. The van der Waals surface area contributed by atoms with Crippen molar-refractivity contribution in [3.63, 3.8) is 0 Å². The highest BCUT2D eigenvalue weighted by atomic mass is 35.5. The number of nitrogens with one attached hydrogen (secondary N) is 1. The minimum atomic E-state index is -0.514. The van der Waals surface area contributed by atoms with Crippen LogP contribution >= 0.6 is 11.6 Å². The second-order valence-corrected chi connectivity index (χ2v) is 7.29. The van der Waals surface area contributed by atoms with E-state index < -0.39 is 11.3 Å². The Labute approximate surface area is 166 Å². The third kappa shape index (κ3) is 2.99. The van der Waals surface area contributed by atoms with Gasteiger partial charge in [-0.15, -0.1) is 0 Å². The van der Waals surface area contributed by atoms with Crippen LogP contribution in [0.3, 0.4) is 0 Å². The molecule has 0 saturated carbocycles. The highest BCUT2D eigenvalue weighted by Gasteiger charge is 2.25. The van der Waals surface area contributed by atoms with Crippen LogP contribution in [0.4, 0.5) is 5.69 Å². The molecule has 1 aliphatic heterocycles. The number of carbonyl (C=O) groups is 1. The smallest absolute Gasteiger partial charge is 0.261 e. The summed E-state index contributed by atoms with van der Waals surface area (Å²) in [5, 5.41) is 3.36. The van der Waals surface area contributed by atoms with Gasteiger partial charge in [0.2, 0.25) is 5.43 Å². The second-order valence-electron chi connectivity index (χ2n) is 6.88. The number of aromatic nitrogens is 1. The van der Waals surface area contributed by atoms with E-state index in [2.05, 4.69) is 5.32 Å². The van der Waals surface area contributed by atoms with Gasteiger partial charge in [0.15, 0.2) is 0 Å². The second kappa shape index (κ2) is 6.87. The van der Waals surface area contributed by atoms with Crippen molar-refractivity contribution < 1.29 is 14.3 Å². The minimum absolute atomic E-state index is 0.0178. The lowest BCUT2D eigenvalue weighted by Crippen LogP contribution is -2.30. The predicted molar refractivity (Wildman–Crippen MR) is 109 cm³/mol. The Balaban J connectivity index is 1.85. The third-order valence-electron chi connectivity index (χ3n) is 4.76. The van der Waals surface area contributed by atoms with Crippen LogP contribution < -0.4 is 20.2 Å². The predicted octanol–water partition coefficient (Wildman–Crippen LogP) is 4.01. The lowest BCUT2D eigenvalue weighted by molar-refractivity contribution is 0.102. The normalized spacial score (nSPS) is 15.2. The highest BCUT2D eigenvalue weighted by Crippen LogP contribution is 2.34. The van der Waals surface area contributed by atoms with Gasteiger partial charge in [-0.25, -0.2) is 0 Å². The molecule has 0 bridgehead atoms. The van der Waals surface area contributed by atoms with Gasteiger partial charge in [-0.1, -0.05) is 17.7 Å². The van der Waals surface area contributed by atoms with E-state index in [0.29, 0.717) is 34.3 Å². The number of amides is 1. The van der Waals surface area contributed by atoms with Gasteiger partial charge in [0.05, 0.1) is 35.3 Å². The quantitative estimate of drug-likeness (QED) is 0.723. The Morgan fingerprint density at radius 2 is 2.11 bits per heavy atom. The number of aryl methyl sites for hydroxylation is 1. The number of hydrogen-bond acceptors (Lipinski definition) is 4. The Hall–Kier alpha value is -2.99. The topological polar surface area (TPSA) is 69.6 Å². The van der Waals surface area contributed by atoms with E-state index in [0.717, 1.165) is 5.56 Å². The zero-order chi connectivity index (χ0) is 20.0. The highest BCUT2D eigenvalue weighted by molar-refractivity contribution is 6.35. The van der Waals surface area contributed by atoms with Crippen LogP contribution in [-0.2, 0) is 6.54 Å². The van der Waals surface area contributed by atoms with Crippen LogP contribution in [0.1, 0.15) is 22.8 Å². The lowest BCUT2D eigenvalue weighted by Gasteiger charge is -2.26. The summed E-state index contributed by atoms with van der Waals surface area (Å²) in [5.41, 5.74) is 1.66. The van der Waals surface area contributed by atoms with Gasteiger partial charge in [0, 0.05) is 6.20 Å². The maximum absolute atomic E-state index is 13.1. The summed E-state index contributed by atoms with van der Waals surface area (Å²) >= 11 is 6.31. The summed E-state index contributed by atoms with van der Waals surface area (Å²) in [5.74, 6) is 0.589. The Kier molecular flexibility index (Phi) is 4.51. The summed E-state index contributed by atoms with van der Waals surface area (Å²) in [4.78, 5) is 26.1. The fourth-order valence-electron chi connectivity index (χ4n) is 3.50. The molecule has 2 aromatic carbocycles. The molecule has 7 heteroatoms. The Bertz CT molecular complexity index is 1170. The molecule has 0 saturated heterocycles. The van der Waals surface area contributed by atoms with Gasteiger partial charge < -0.3 is 19.4 Å². The molecule has 28 heavy (non-hydrogen) atoms. The van der Waals surface area contributed by atoms with Gasteiger partial charge in [0.1, 0.15) is 23.2 Å². The van der Waals surface area contributed by atoms with E-state index in [4.69, 9.17) is 21.1 Å². The number of carbonyl (C=O) groups excluding carboxylic acids is 1. The average Bonchev–Trinajstić information content (AvgIpc) is 2.65. The molecule has 3 aromatic rings. The standard InChI is InChI=1S/C21H19ClN2O4/c1-11-4-6-16(27-3)15(8-11)23-21(26)13-10-24-9-12(2)28-17-7-5-14(22)18(19(17)24)20(13)25/h4-8,10,12H,9H2,1-3H3,(H,23,26)/t12-/m0/s1. The molecule has 0 aliphatic carbocycles. The monoisotopic (exact) mass is 398 g/mol. The number of benzene rings is 2. The van der Waals surface area contributed by atoms with E-state index in [1.807, 2.05) is 24.5 Å². The van der Waals surface area contributed by atoms with Crippen molar-refractivity contribution in [3.8, 4) is 11.5 Å². The average molecular weight is 399 g/mol. The Morgan fingerprint density at radius 1 is 1.32 bits per heavy atom. The van der Waals surface area contributed by atoms with Crippen molar-refractivity contribution >= 4 is 34.1 Å². The van der Waals surface area contributed by atoms with E-state index in [9.17, 15) is 9.59 Å². The zero-order valence-corrected chi connectivity index (χ0v) is 16.5. The molecule has 4 rings (SSSR count). The molecule has 1 amide bonds. The van der Waals surface area contributed by atoms with E-state index in [1.54, 1.807) is 30.5 Å². The summed E-state index contributed by atoms with van der Waals surface area (Å²) in [6.07, 6.45) is 1.48. The summed E-state index contributed by atoms with van der Waals surface area (Å²) in [6.45, 7) is 4.35. The molecule has 1 aliphatic rings. The van der Waals surface area contributed by atoms with Crippen molar-refractivity contribution in [1.82, 2.24) is 4.57 Å². The molecule has 1 aromatic heterocycles. The van der Waals surface area contributed by atoms with Crippen LogP contribution in [-0.4, -0.2) is 23.7 Å². The molecular weight excluding hydrogens is 380 g/mol.